The van der Waals surface area contributed by atoms with Crippen molar-refractivity contribution in [1.82, 2.24) is 5.32 Å². The summed E-state index contributed by atoms with van der Waals surface area (Å²) >= 11 is 0. The molecule has 2 aromatic carbocycles. The van der Waals surface area contributed by atoms with Gasteiger partial charge in [0.1, 0.15) is 12.6 Å². The van der Waals surface area contributed by atoms with Gasteiger partial charge in [-0.2, -0.15) is 0 Å². The van der Waals surface area contributed by atoms with Gasteiger partial charge in [-0.3, -0.25) is 0 Å². The molecule has 0 saturated carbocycles. The van der Waals surface area contributed by atoms with Crippen molar-refractivity contribution in [2.75, 3.05) is 20.3 Å². The molecule has 162 valence electrons. The zero-order valence-corrected chi connectivity index (χ0v) is 18.0. The number of carbonyl (C=O) groups is 2. The molecule has 0 unspecified atom stereocenters. The normalized spacial score (nSPS) is 14.9. The predicted molar refractivity (Wildman–Crippen MR) is 118 cm³/mol. The maximum Gasteiger partial charge on any atom is 0.407 e. The minimum atomic E-state index is -1.20. The molecule has 1 aliphatic carbocycles. The number of methoxy groups -OCH3 is 1. The number of rotatable bonds is 8. The first-order valence-corrected chi connectivity index (χ1v) is 10.1. The highest BCUT2D eigenvalue weighted by Crippen LogP contribution is 2.44. The average molecular weight is 421 g/mol. The molecule has 0 fully saturated rings. The number of hydrogen-bond acceptors (Lipinski definition) is 4. The highest BCUT2D eigenvalue weighted by atomic mass is 16.5. The molecule has 0 spiro atoms. The van der Waals surface area contributed by atoms with Gasteiger partial charge in [0.05, 0.1) is 6.61 Å². The number of hydrogen-bond donors (Lipinski definition) is 2. The maximum atomic E-state index is 12.6. The molecular formula is C25H27NO5. The average Bonchev–Trinajstić information content (AvgIpc) is 3.08. The van der Waals surface area contributed by atoms with E-state index in [2.05, 4.69) is 29.3 Å². The fourth-order valence-corrected chi connectivity index (χ4v) is 4.15. The van der Waals surface area contributed by atoms with E-state index in [-0.39, 0.29) is 25.6 Å². The summed E-state index contributed by atoms with van der Waals surface area (Å²) in [4.78, 5) is 24.5. The van der Waals surface area contributed by atoms with Crippen LogP contribution in [-0.2, 0) is 14.3 Å². The van der Waals surface area contributed by atoms with Crippen LogP contribution >= 0.6 is 0 Å². The summed E-state index contributed by atoms with van der Waals surface area (Å²) in [5.74, 6) is 4.40. The Kier molecular flexibility index (Phi) is 6.98. The lowest BCUT2D eigenvalue weighted by molar-refractivity contribution is -0.144. The summed E-state index contributed by atoms with van der Waals surface area (Å²) < 4.78 is 10.7. The SMILES string of the molecule is CC#CC[C@](C)(COC)[C@H](NC(=O)OCC1c2ccccc2-c2ccccc21)C(=O)O. The van der Waals surface area contributed by atoms with Crippen LogP contribution in [0.3, 0.4) is 0 Å². The zero-order chi connectivity index (χ0) is 22.4. The number of carbonyl (C=O) groups excluding carboxylic acids is 1. The largest absolute Gasteiger partial charge is 0.480 e. The summed E-state index contributed by atoms with van der Waals surface area (Å²) in [6.45, 7) is 3.65. The van der Waals surface area contributed by atoms with E-state index in [0.717, 1.165) is 22.3 Å². The van der Waals surface area contributed by atoms with Crippen molar-refractivity contribution in [1.29, 1.82) is 0 Å². The van der Waals surface area contributed by atoms with E-state index >= 15 is 0 Å². The van der Waals surface area contributed by atoms with E-state index in [9.17, 15) is 14.7 Å². The van der Waals surface area contributed by atoms with E-state index in [4.69, 9.17) is 9.47 Å². The Bertz CT molecular complexity index is 976. The number of carboxylic acid groups (broad SMARTS) is 1. The maximum absolute atomic E-state index is 12.6. The van der Waals surface area contributed by atoms with Crippen LogP contribution in [0, 0.1) is 17.3 Å². The van der Waals surface area contributed by atoms with Gasteiger partial charge in [0.15, 0.2) is 0 Å². The first-order chi connectivity index (χ1) is 14.9. The first-order valence-electron chi connectivity index (χ1n) is 10.1. The van der Waals surface area contributed by atoms with E-state index in [1.54, 1.807) is 13.8 Å². The van der Waals surface area contributed by atoms with Gasteiger partial charge in [-0.1, -0.05) is 55.5 Å². The molecule has 0 aromatic heterocycles. The summed E-state index contributed by atoms with van der Waals surface area (Å²) in [6, 6.07) is 14.9. The van der Waals surface area contributed by atoms with Gasteiger partial charge in [0.2, 0.25) is 0 Å². The standard InChI is InChI=1S/C25H27NO5/c1-4-5-14-25(2,16-30-3)22(23(27)28)26-24(29)31-15-21-19-12-8-6-10-17(19)18-11-7-9-13-20(18)21/h6-13,21-22H,14-16H2,1-3H3,(H,26,29)(H,27,28)/t22-,25-/m1/s1. The van der Waals surface area contributed by atoms with Crippen LogP contribution in [0.25, 0.3) is 11.1 Å². The Hall–Kier alpha value is -3.30. The van der Waals surface area contributed by atoms with Crippen LogP contribution in [-0.4, -0.2) is 43.5 Å². The number of benzene rings is 2. The minimum Gasteiger partial charge on any atom is -0.480 e. The lowest BCUT2D eigenvalue weighted by atomic mass is 9.80. The number of fused-ring (bicyclic) bond motifs is 3. The summed E-state index contributed by atoms with van der Waals surface area (Å²) in [6.07, 6.45) is -0.515. The van der Waals surface area contributed by atoms with Crippen LogP contribution < -0.4 is 5.32 Å². The predicted octanol–water partition coefficient (Wildman–Crippen LogP) is 4.04. The molecule has 6 heteroatoms. The highest BCUT2D eigenvalue weighted by Gasteiger charge is 2.41. The van der Waals surface area contributed by atoms with E-state index in [0.29, 0.717) is 0 Å². The van der Waals surface area contributed by atoms with Crippen molar-refractivity contribution in [3.05, 3.63) is 59.7 Å². The second-order valence-corrected chi connectivity index (χ2v) is 7.93. The van der Waals surface area contributed by atoms with Gasteiger partial charge in [0.25, 0.3) is 0 Å². The number of alkyl carbamates (subject to hydrolysis) is 1. The number of carboxylic acids is 1. The van der Waals surface area contributed by atoms with Gasteiger partial charge < -0.3 is 19.9 Å². The van der Waals surface area contributed by atoms with Crippen molar-refractivity contribution in [2.24, 2.45) is 5.41 Å². The van der Waals surface area contributed by atoms with Gasteiger partial charge in [0, 0.05) is 24.9 Å². The Morgan fingerprint density at radius 3 is 2.23 bits per heavy atom. The van der Waals surface area contributed by atoms with Crippen LogP contribution in [0.15, 0.2) is 48.5 Å². The number of aliphatic carboxylic acids is 1. The lowest BCUT2D eigenvalue weighted by Crippen LogP contribution is -2.53. The molecule has 1 aliphatic rings. The van der Waals surface area contributed by atoms with Crippen LogP contribution in [0.2, 0.25) is 0 Å². The van der Waals surface area contributed by atoms with Gasteiger partial charge in [-0.05, 0) is 29.2 Å². The molecule has 0 saturated heterocycles. The van der Waals surface area contributed by atoms with Crippen LogP contribution in [0.1, 0.15) is 37.3 Å². The van der Waals surface area contributed by atoms with Crippen molar-refractivity contribution in [2.45, 2.75) is 32.2 Å². The zero-order valence-electron chi connectivity index (χ0n) is 18.0. The molecule has 2 N–H and O–H groups in total. The molecule has 0 radical (unpaired) electrons. The Morgan fingerprint density at radius 2 is 1.71 bits per heavy atom. The van der Waals surface area contributed by atoms with Crippen molar-refractivity contribution >= 4 is 12.1 Å². The fraction of sp³-hybridized carbons (Fsp3) is 0.360. The van der Waals surface area contributed by atoms with Crippen molar-refractivity contribution in [3.8, 4) is 23.0 Å². The van der Waals surface area contributed by atoms with Gasteiger partial charge >= 0.3 is 12.1 Å². The number of ether oxygens (including phenoxy) is 2. The third-order valence-electron chi connectivity index (χ3n) is 5.69. The molecule has 0 heterocycles. The molecule has 2 aromatic rings. The fourth-order valence-electron chi connectivity index (χ4n) is 4.15. The van der Waals surface area contributed by atoms with E-state index in [1.807, 2.05) is 36.4 Å². The summed E-state index contributed by atoms with van der Waals surface area (Å²) in [7, 11) is 1.49. The molecule has 3 rings (SSSR count). The minimum absolute atomic E-state index is 0.0993. The van der Waals surface area contributed by atoms with Crippen LogP contribution in [0.5, 0.6) is 0 Å². The van der Waals surface area contributed by atoms with Gasteiger partial charge in [-0.25, -0.2) is 9.59 Å². The highest BCUT2D eigenvalue weighted by molar-refractivity contribution is 5.81. The van der Waals surface area contributed by atoms with E-state index in [1.165, 1.54) is 7.11 Å². The van der Waals surface area contributed by atoms with Gasteiger partial charge in [-0.15, -0.1) is 11.8 Å². The Labute approximate surface area is 182 Å². The van der Waals surface area contributed by atoms with Crippen molar-refractivity contribution < 1.29 is 24.2 Å². The third-order valence-corrected chi connectivity index (χ3v) is 5.69. The second-order valence-electron chi connectivity index (χ2n) is 7.93. The van der Waals surface area contributed by atoms with Crippen molar-refractivity contribution in [3.63, 3.8) is 0 Å². The molecule has 0 aliphatic heterocycles. The monoisotopic (exact) mass is 421 g/mol. The third kappa shape index (κ3) is 4.73. The lowest BCUT2D eigenvalue weighted by Gasteiger charge is -2.33. The molecule has 31 heavy (non-hydrogen) atoms. The quantitative estimate of drug-likeness (QED) is 0.629. The summed E-state index contributed by atoms with van der Waals surface area (Å²) in [5, 5.41) is 12.3. The Balaban J connectivity index is 1.74. The summed E-state index contributed by atoms with van der Waals surface area (Å²) in [5.41, 5.74) is 3.53. The molecule has 2 atom stereocenters. The van der Waals surface area contributed by atoms with Crippen LogP contribution in [0.4, 0.5) is 4.79 Å². The topological polar surface area (TPSA) is 84.9 Å². The smallest absolute Gasteiger partial charge is 0.407 e. The molecule has 6 nitrogen and oxygen atoms in total. The Morgan fingerprint density at radius 1 is 1.13 bits per heavy atom. The molecular weight excluding hydrogens is 394 g/mol. The molecule has 1 amide bonds. The number of nitrogens with one attached hydrogen (secondary N) is 1. The number of amides is 1. The molecule has 0 bridgehead atoms. The second kappa shape index (κ2) is 9.67. The van der Waals surface area contributed by atoms with E-state index < -0.39 is 23.5 Å². The first kappa shape index (κ1) is 22.4.